The highest BCUT2D eigenvalue weighted by atomic mass is 16.3. The molecule has 2 aliphatic heterocycles. The number of amides is 1. The van der Waals surface area contributed by atoms with Crippen LogP contribution in [-0.2, 0) is 17.8 Å². The first-order valence-electron chi connectivity index (χ1n) is 12.4. The van der Waals surface area contributed by atoms with Crippen molar-refractivity contribution in [2.45, 2.75) is 44.9 Å². The molecule has 0 aliphatic carbocycles. The number of carbonyl (C=O) groups is 1. The molecular formula is C26H33N7O2. The molecule has 1 amide bonds. The van der Waals surface area contributed by atoms with E-state index in [9.17, 15) is 9.90 Å². The van der Waals surface area contributed by atoms with E-state index in [4.69, 9.17) is 0 Å². The first-order chi connectivity index (χ1) is 17.1. The smallest absolute Gasteiger partial charge is 0.219 e. The largest absolute Gasteiger partial charge is 0.390 e. The second-order valence-electron chi connectivity index (χ2n) is 9.49. The lowest BCUT2D eigenvalue weighted by Gasteiger charge is -2.32. The van der Waals surface area contributed by atoms with Gasteiger partial charge in [0.15, 0.2) is 5.82 Å². The van der Waals surface area contributed by atoms with Crippen LogP contribution in [0.2, 0.25) is 0 Å². The van der Waals surface area contributed by atoms with Crippen molar-refractivity contribution < 1.29 is 9.90 Å². The number of rotatable bonds is 7. The van der Waals surface area contributed by atoms with Crippen molar-refractivity contribution in [2.24, 2.45) is 0 Å². The number of benzene rings is 1. The van der Waals surface area contributed by atoms with Crippen LogP contribution in [0, 0.1) is 0 Å². The molecule has 0 saturated carbocycles. The lowest BCUT2D eigenvalue weighted by atomic mass is 10.00. The lowest BCUT2D eigenvalue weighted by molar-refractivity contribution is -0.129. The molecule has 5 rings (SSSR count). The average Bonchev–Trinajstić information content (AvgIpc) is 2.88. The van der Waals surface area contributed by atoms with Crippen LogP contribution in [0.5, 0.6) is 0 Å². The maximum atomic E-state index is 11.6. The highest BCUT2D eigenvalue weighted by Gasteiger charge is 2.22. The molecule has 3 aromatic rings. The molecule has 9 nitrogen and oxygen atoms in total. The van der Waals surface area contributed by atoms with E-state index in [1.165, 1.54) is 11.1 Å². The molecule has 3 N–H and O–H groups in total. The molecule has 1 aromatic carbocycles. The summed E-state index contributed by atoms with van der Waals surface area (Å²) in [5.41, 5.74) is 3.48. The van der Waals surface area contributed by atoms with Gasteiger partial charge in [0.25, 0.3) is 0 Å². The number of hydrogen-bond acceptors (Lipinski definition) is 8. The maximum Gasteiger partial charge on any atom is 0.219 e. The van der Waals surface area contributed by atoms with Gasteiger partial charge in [0.2, 0.25) is 5.91 Å². The Morgan fingerprint density at radius 2 is 1.89 bits per heavy atom. The maximum absolute atomic E-state index is 11.6. The van der Waals surface area contributed by atoms with Gasteiger partial charge < -0.3 is 20.6 Å². The molecule has 0 spiro atoms. The van der Waals surface area contributed by atoms with Gasteiger partial charge in [-0.3, -0.25) is 9.69 Å². The highest BCUT2D eigenvalue weighted by Crippen LogP contribution is 2.26. The molecule has 0 bridgehead atoms. The van der Waals surface area contributed by atoms with Gasteiger partial charge in [0.1, 0.15) is 17.7 Å². The Hall–Kier alpha value is -3.30. The van der Waals surface area contributed by atoms with Gasteiger partial charge in [0, 0.05) is 63.8 Å². The quantitative estimate of drug-likeness (QED) is 0.478. The molecule has 9 heteroatoms. The fourth-order valence-corrected chi connectivity index (χ4v) is 5.05. The number of likely N-dealkylation sites (tertiary alicyclic amines) is 1. The highest BCUT2D eigenvalue weighted by molar-refractivity contribution is 5.95. The summed E-state index contributed by atoms with van der Waals surface area (Å²) in [6.45, 7) is 5.94. The zero-order valence-corrected chi connectivity index (χ0v) is 20.2. The van der Waals surface area contributed by atoms with Crippen molar-refractivity contribution in [3.8, 4) is 0 Å². The van der Waals surface area contributed by atoms with E-state index in [0.717, 1.165) is 62.2 Å². The first-order valence-corrected chi connectivity index (χ1v) is 12.4. The normalized spacial score (nSPS) is 17.7. The fraction of sp³-hybridized carbons (Fsp3) is 0.462. The number of nitrogens with one attached hydrogen (secondary N) is 2. The molecule has 4 heterocycles. The second-order valence-corrected chi connectivity index (χ2v) is 9.49. The van der Waals surface area contributed by atoms with E-state index < -0.39 is 6.10 Å². The molecule has 184 valence electrons. The second kappa shape index (κ2) is 10.5. The van der Waals surface area contributed by atoms with Gasteiger partial charge in [-0.2, -0.15) is 0 Å². The number of hydrogen-bond donors (Lipinski definition) is 3. The van der Waals surface area contributed by atoms with Gasteiger partial charge in [-0.15, -0.1) is 0 Å². The number of aliphatic hydroxyl groups excluding tert-OH is 1. The number of aromatic nitrogens is 3. The molecule has 1 fully saturated rings. The Morgan fingerprint density at radius 3 is 2.69 bits per heavy atom. The van der Waals surface area contributed by atoms with E-state index in [-0.39, 0.29) is 11.9 Å². The van der Waals surface area contributed by atoms with E-state index in [0.29, 0.717) is 18.9 Å². The molecule has 0 unspecified atom stereocenters. The molecular weight excluding hydrogens is 442 g/mol. The summed E-state index contributed by atoms with van der Waals surface area (Å²) in [7, 11) is 0. The number of aliphatic hydroxyl groups is 1. The predicted octanol–water partition coefficient (Wildman–Crippen LogP) is 2.28. The van der Waals surface area contributed by atoms with Crippen LogP contribution in [0.4, 0.5) is 11.6 Å². The van der Waals surface area contributed by atoms with Crippen molar-refractivity contribution in [1.82, 2.24) is 24.8 Å². The van der Waals surface area contributed by atoms with Crippen molar-refractivity contribution in [3.05, 3.63) is 54.0 Å². The first kappa shape index (κ1) is 23.4. The summed E-state index contributed by atoms with van der Waals surface area (Å²) in [5.74, 6) is 1.54. The molecule has 2 aromatic heterocycles. The molecule has 1 saturated heterocycles. The number of β-amino-alcohol motifs (C(OH)–C–C–N with tert-alkyl or cyclic N) is 1. The summed E-state index contributed by atoms with van der Waals surface area (Å²) in [6.07, 6.45) is 5.54. The SMILES string of the molecule is CC(=O)N1CCC(Nc2ncnc3c(NC[C@@H](O)CN4CCc5ccccc5C4)nccc23)CC1. The fourth-order valence-electron chi connectivity index (χ4n) is 5.05. The van der Waals surface area contributed by atoms with Crippen LogP contribution in [0.15, 0.2) is 42.9 Å². The van der Waals surface area contributed by atoms with Crippen LogP contribution in [0.25, 0.3) is 10.9 Å². The van der Waals surface area contributed by atoms with Crippen LogP contribution < -0.4 is 10.6 Å². The van der Waals surface area contributed by atoms with Crippen molar-refractivity contribution in [2.75, 3.05) is 43.4 Å². The van der Waals surface area contributed by atoms with Gasteiger partial charge >= 0.3 is 0 Å². The third-order valence-corrected chi connectivity index (χ3v) is 7.02. The van der Waals surface area contributed by atoms with Gasteiger partial charge in [-0.05, 0) is 36.5 Å². The summed E-state index contributed by atoms with van der Waals surface area (Å²) in [5, 5.41) is 18.4. The van der Waals surface area contributed by atoms with Gasteiger partial charge in [0.05, 0.1) is 6.10 Å². The number of fused-ring (bicyclic) bond motifs is 2. The van der Waals surface area contributed by atoms with E-state index >= 15 is 0 Å². The predicted molar refractivity (Wildman–Crippen MR) is 136 cm³/mol. The minimum absolute atomic E-state index is 0.130. The Kier molecular flexibility index (Phi) is 7.06. The van der Waals surface area contributed by atoms with Crippen LogP contribution >= 0.6 is 0 Å². The summed E-state index contributed by atoms with van der Waals surface area (Å²) in [4.78, 5) is 29.2. The number of carbonyl (C=O) groups excluding carboxylic acids is 1. The number of anilines is 2. The molecule has 0 radical (unpaired) electrons. The average molecular weight is 476 g/mol. The standard InChI is InChI=1S/C26H33N7O2/c1-18(34)33-12-8-21(9-13-33)31-25-23-6-10-27-26(24(23)29-17-30-25)28-14-22(35)16-32-11-7-19-4-2-3-5-20(19)15-32/h2-6,10,17,21-22,35H,7-9,11-16H2,1H3,(H,27,28)(H,29,30,31)/t22-/m1/s1. The summed E-state index contributed by atoms with van der Waals surface area (Å²) < 4.78 is 0. The lowest BCUT2D eigenvalue weighted by Crippen LogP contribution is -2.41. The zero-order valence-electron chi connectivity index (χ0n) is 20.2. The zero-order chi connectivity index (χ0) is 24.2. The minimum Gasteiger partial charge on any atom is -0.390 e. The number of piperidine rings is 1. The molecule has 2 aliphatic rings. The molecule has 35 heavy (non-hydrogen) atoms. The van der Waals surface area contributed by atoms with Crippen molar-refractivity contribution in [1.29, 1.82) is 0 Å². The summed E-state index contributed by atoms with van der Waals surface area (Å²) in [6, 6.07) is 10.7. The Balaban J connectivity index is 1.20. The van der Waals surface area contributed by atoms with E-state index in [1.54, 1.807) is 19.4 Å². The monoisotopic (exact) mass is 475 g/mol. The van der Waals surface area contributed by atoms with Crippen LogP contribution in [0.3, 0.4) is 0 Å². The third kappa shape index (κ3) is 5.52. The summed E-state index contributed by atoms with van der Waals surface area (Å²) >= 11 is 0. The Labute approximate surface area is 205 Å². The number of nitrogens with zero attached hydrogens (tertiary/aromatic N) is 5. The van der Waals surface area contributed by atoms with E-state index in [2.05, 4.69) is 54.8 Å². The Bertz CT molecular complexity index is 1180. The van der Waals surface area contributed by atoms with Crippen LogP contribution in [0.1, 0.15) is 30.9 Å². The minimum atomic E-state index is -0.525. The molecule has 1 atom stereocenters. The van der Waals surface area contributed by atoms with Crippen molar-refractivity contribution in [3.63, 3.8) is 0 Å². The Morgan fingerprint density at radius 1 is 1.09 bits per heavy atom. The van der Waals surface area contributed by atoms with Crippen molar-refractivity contribution >= 4 is 28.4 Å². The number of pyridine rings is 1. The third-order valence-electron chi connectivity index (χ3n) is 7.02. The van der Waals surface area contributed by atoms with Gasteiger partial charge in [-0.25, -0.2) is 15.0 Å². The van der Waals surface area contributed by atoms with Crippen LogP contribution in [-0.4, -0.2) is 80.6 Å². The topological polar surface area (TPSA) is 107 Å². The van der Waals surface area contributed by atoms with E-state index in [1.807, 2.05) is 11.0 Å². The van der Waals surface area contributed by atoms with Gasteiger partial charge in [-0.1, -0.05) is 24.3 Å².